The van der Waals surface area contributed by atoms with Crippen molar-refractivity contribution in [1.29, 1.82) is 0 Å². The molecule has 1 heterocycles. The van der Waals surface area contributed by atoms with Crippen LogP contribution in [0.5, 0.6) is 0 Å². The van der Waals surface area contributed by atoms with Gasteiger partial charge >= 0.3 is 0 Å². The van der Waals surface area contributed by atoms with Crippen molar-refractivity contribution < 1.29 is 5.11 Å². The lowest BCUT2D eigenvalue weighted by molar-refractivity contribution is 0.318. The first-order valence-corrected chi connectivity index (χ1v) is 6.82. The Morgan fingerprint density at radius 1 is 0.909 bits per heavy atom. The summed E-state index contributed by atoms with van der Waals surface area (Å²) in [4.78, 5) is 9.21. The second kappa shape index (κ2) is 7.24. The molecule has 0 radical (unpaired) electrons. The summed E-state index contributed by atoms with van der Waals surface area (Å²) in [5.74, 6) is 0. The molecule has 5 N–H and O–H groups in total. The van der Waals surface area contributed by atoms with Gasteiger partial charge in [0.05, 0.1) is 27.9 Å². The number of aliphatic hydroxyl groups is 1. The molecule has 0 fully saturated rings. The van der Waals surface area contributed by atoms with Crippen LogP contribution in [-0.4, -0.2) is 21.7 Å². The summed E-state index contributed by atoms with van der Waals surface area (Å²) in [7, 11) is 0. The number of hydrogen-bond donors (Lipinski definition) is 3. The Bertz CT molecular complexity index is 739. The molecule has 0 saturated carbocycles. The maximum absolute atomic E-state index is 7.57. The summed E-state index contributed by atoms with van der Waals surface area (Å²) in [6, 6.07) is 7.75. The van der Waals surface area contributed by atoms with Gasteiger partial charge < -0.3 is 16.6 Å². The predicted molar refractivity (Wildman–Crippen MR) is 95.4 cm³/mol. The number of rotatable bonds is 0. The molecule has 5 nitrogen and oxygen atoms in total. The van der Waals surface area contributed by atoms with Gasteiger partial charge in [-0.05, 0) is 44.0 Å². The van der Waals surface area contributed by atoms with Gasteiger partial charge in [-0.15, -0.1) is 12.4 Å². The number of nitrogens with zero attached hydrogens (tertiary/aromatic N) is 2. The van der Waals surface area contributed by atoms with E-state index < -0.39 is 0 Å². The third kappa shape index (κ3) is 3.05. The molecule has 0 saturated heterocycles. The third-order valence-corrected chi connectivity index (χ3v) is 3.44. The lowest BCUT2D eigenvalue weighted by atomic mass is 10.0. The third-order valence-electron chi connectivity index (χ3n) is 3.44. The molecule has 2 aromatic carbocycles. The van der Waals surface area contributed by atoms with Crippen molar-refractivity contribution in [2.24, 2.45) is 0 Å². The fraction of sp³-hybridized carbons (Fsp3) is 0.250. The molecule has 0 aliphatic rings. The van der Waals surface area contributed by atoms with Gasteiger partial charge in [0.15, 0.2) is 0 Å². The highest BCUT2D eigenvalue weighted by Crippen LogP contribution is 2.32. The average molecular weight is 321 g/mol. The van der Waals surface area contributed by atoms with Gasteiger partial charge in [0, 0.05) is 6.61 Å². The van der Waals surface area contributed by atoms with E-state index in [0.717, 1.165) is 27.7 Å². The van der Waals surface area contributed by atoms with Gasteiger partial charge in [0.2, 0.25) is 0 Å². The molecule has 3 rings (SSSR count). The number of benzene rings is 2. The number of aryl methyl sites for hydroxylation is 1. The summed E-state index contributed by atoms with van der Waals surface area (Å²) in [6.07, 6.45) is 0. The first kappa shape index (κ1) is 17.9. The van der Waals surface area contributed by atoms with E-state index in [1.807, 2.05) is 38.1 Å². The van der Waals surface area contributed by atoms with Crippen molar-refractivity contribution >= 4 is 45.8 Å². The zero-order chi connectivity index (χ0) is 15.6. The van der Waals surface area contributed by atoms with E-state index in [-0.39, 0.29) is 19.0 Å². The van der Waals surface area contributed by atoms with E-state index in [4.69, 9.17) is 16.6 Å². The molecule has 0 atom stereocenters. The average Bonchev–Trinajstić information content (AvgIpc) is 2.50. The molecule has 3 aromatic rings. The lowest BCUT2D eigenvalue weighted by Crippen LogP contribution is -2.03. The van der Waals surface area contributed by atoms with Crippen LogP contribution >= 0.6 is 12.4 Å². The van der Waals surface area contributed by atoms with Crippen LogP contribution in [0.15, 0.2) is 24.3 Å². The summed E-state index contributed by atoms with van der Waals surface area (Å²) < 4.78 is 0. The second-order valence-corrected chi connectivity index (χ2v) is 4.80. The van der Waals surface area contributed by atoms with E-state index >= 15 is 0 Å². The zero-order valence-electron chi connectivity index (χ0n) is 12.9. The van der Waals surface area contributed by atoms with Crippen LogP contribution in [0.4, 0.5) is 11.4 Å². The van der Waals surface area contributed by atoms with Crippen LogP contribution in [0.3, 0.4) is 0 Å². The summed E-state index contributed by atoms with van der Waals surface area (Å²) >= 11 is 0. The highest BCUT2D eigenvalue weighted by Gasteiger charge is 2.13. The normalized spacial score (nSPS) is 10.0. The highest BCUT2D eigenvalue weighted by molar-refractivity contribution is 6.00. The molecule has 0 bridgehead atoms. The van der Waals surface area contributed by atoms with E-state index in [2.05, 4.69) is 9.97 Å². The zero-order valence-corrected chi connectivity index (χ0v) is 13.7. The van der Waals surface area contributed by atoms with E-state index in [1.165, 1.54) is 0 Å². The number of anilines is 2. The Hall–Kier alpha value is -2.11. The Morgan fingerprint density at radius 3 is 1.86 bits per heavy atom. The number of nitrogens with two attached hydrogens (primary N) is 2. The van der Waals surface area contributed by atoms with Crippen molar-refractivity contribution in [2.75, 3.05) is 18.1 Å². The smallest absolute Gasteiger partial charge is 0.115 e. The predicted octanol–water partition coefficient (Wildman–Crippen LogP) is 2.98. The quantitative estimate of drug-likeness (QED) is 0.437. The van der Waals surface area contributed by atoms with Crippen LogP contribution < -0.4 is 11.5 Å². The molecule has 118 valence electrons. The van der Waals surface area contributed by atoms with Crippen molar-refractivity contribution in [3.8, 4) is 0 Å². The largest absolute Gasteiger partial charge is 0.397 e. The molecule has 0 aliphatic heterocycles. The maximum Gasteiger partial charge on any atom is 0.115 e. The summed E-state index contributed by atoms with van der Waals surface area (Å²) in [5, 5.41) is 7.57. The van der Waals surface area contributed by atoms with Gasteiger partial charge in [-0.25, -0.2) is 9.97 Å². The van der Waals surface area contributed by atoms with Crippen LogP contribution in [0.2, 0.25) is 0 Å². The number of hydrogen-bond acceptors (Lipinski definition) is 5. The Labute approximate surface area is 135 Å². The first-order chi connectivity index (χ1) is 10.0. The van der Waals surface area contributed by atoms with Gasteiger partial charge in [-0.2, -0.15) is 0 Å². The van der Waals surface area contributed by atoms with Crippen molar-refractivity contribution in [2.45, 2.75) is 20.8 Å². The molecule has 0 amide bonds. The number of aromatic nitrogens is 2. The van der Waals surface area contributed by atoms with Crippen molar-refractivity contribution in [3.05, 3.63) is 35.4 Å². The lowest BCUT2D eigenvalue weighted by Gasteiger charge is -2.12. The van der Waals surface area contributed by atoms with E-state index in [1.54, 1.807) is 6.92 Å². The first-order valence-electron chi connectivity index (χ1n) is 6.82. The SMILES string of the molecule is CCO.Cc1c(N)c(N)c2nc3ccccc3nc2c1C.Cl. The molecule has 6 heteroatoms. The highest BCUT2D eigenvalue weighted by atomic mass is 35.5. The van der Waals surface area contributed by atoms with Gasteiger partial charge in [-0.1, -0.05) is 12.1 Å². The molecule has 0 aliphatic carbocycles. The number of halogens is 1. The Balaban J connectivity index is 0.000000562. The number of para-hydroxylation sites is 2. The molecule has 0 unspecified atom stereocenters. The van der Waals surface area contributed by atoms with Crippen LogP contribution in [-0.2, 0) is 0 Å². The molecule has 1 aromatic heterocycles. The van der Waals surface area contributed by atoms with Crippen molar-refractivity contribution in [3.63, 3.8) is 0 Å². The minimum atomic E-state index is 0. The Kier molecular flexibility index (Phi) is 5.91. The summed E-state index contributed by atoms with van der Waals surface area (Å²) in [5.41, 5.74) is 18.4. The number of nitrogen functional groups attached to an aromatic ring is 2. The summed E-state index contributed by atoms with van der Waals surface area (Å²) in [6.45, 7) is 5.88. The number of aliphatic hydroxyl groups excluding tert-OH is 1. The maximum atomic E-state index is 7.57. The molecular weight excluding hydrogens is 300 g/mol. The topological polar surface area (TPSA) is 98.0 Å². The molecule has 22 heavy (non-hydrogen) atoms. The van der Waals surface area contributed by atoms with Crippen LogP contribution in [0.1, 0.15) is 18.1 Å². The monoisotopic (exact) mass is 320 g/mol. The van der Waals surface area contributed by atoms with Gasteiger partial charge in [0.25, 0.3) is 0 Å². The van der Waals surface area contributed by atoms with E-state index in [0.29, 0.717) is 16.9 Å². The van der Waals surface area contributed by atoms with Crippen LogP contribution in [0, 0.1) is 13.8 Å². The molecular formula is C16H21ClN4O. The fourth-order valence-corrected chi connectivity index (χ4v) is 2.16. The van der Waals surface area contributed by atoms with Gasteiger partial charge in [-0.3, -0.25) is 0 Å². The Morgan fingerprint density at radius 2 is 1.36 bits per heavy atom. The van der Waals surface area contributed by atoms with Crippen molar-refractivity contribution in [1.82, 2.24) is 9.97 Å². The fourth-order valence-electron chi connectivity index (χ4n) is 2.16. The second-order valence-electron chi connectivity index (χ2n) is 4.80. The van der Waals surface area contributed by atoms with Crippen LogP contribution in [0.25, 0.3) is 22.1 Å². The van der Waals surface area contributed by atoms with E-state index in [9.17, 15) is 0 Å². The number of fused-ring (bicyclic) bond motifs is 2. The van der Waals surface area contributed by atoms with Gasteiger partial charge in [0.1, 0.15) is 5.52 Å². The standard InChI is InChI=1S/C14H14N4.C2H6O.ClH/c1-7-8(2)13-14(12(16)11(7)15)18-10-6-4-3-5-9(10)17-13;1-2-3;/h3-6H,15-16H2,1-2H3;3H,2H2,1H3;1H. The minimum Gasteiger partial charge on any atom is -0.397 e. The molecule has 0 spiro atoms. The minimum absolute atomic E-state index is 0.